The largest absolute Gasteiger partial charge is 0.271 e. The maximum Gasteiger partial charge on any atom is 0.123 e. The highest BCUT2D eigenvalue weighted by Crippen LogP contribution is 2.31. The third-order valence-corrected chi connectivity index (χ3v) is 4.94. The van der Waals surface area contributed by atoms with Crippen LogP contribution in [0.4, 0.5) is 4.39 Å². The molecule has 1 aromatic carbocycles. The Morgan fingerprint density at radius 1 is 1.37 bits per heavy atom. The van der Waals surface area contributed by atoms with Crippen LogP contribution in [-0.2, 0) is 6.42 Å². The quantitative estimate of drug-likeness (QED) is 0.573. The van der Waals surface area contributed by atoms with Crippen molar-refractivity contribution in [1.82, 2.24) is 10.4 Å². The number of thiazole rings is 1. The number of thiophene rings is 1. The number of benzene rings is 1. The number of aromatic nitrogens is 1. The van der Waals surface area contributed by atoms with E-state index in [-0.39, 0.29) is 11.9 Å². The number of hydrogen-bond acceptors (Lipinski definition) is 5. The van der Waals surface area contributed by atoms with Crippen LogP contribution in [-0.4, -0.2) is 4.98 Å². The minimum atomic E-state index is -0.214. The third kappa shape index (κ3) is 2.66. The maximum atomic E-state index is 13.2. The molecular weight excluding hydrogens is 281 g/mol. The average Bonchev–Trinajstić information content (AvgIpc) is 3.03. The van der Waals surface area contributed by atoms with Gasteiger partial charge in [0.05, 0.1) is 11.0 Å². The van der Waals surface area contributed by atoms with Gasteiger partial charge >= 0.3 is 0 Å². The second kappa shape index (κ2) is 5.34. The molecule has 1 unspecified atom stereocenters. The minimum absolute atomic E-state index is 0.00612. The molecule has 3 N–H and O–H groups in total. The lowest BCUT2D eigenvalue weighted by molar-refractivity contribution is 0.559. The van der Waals surface area contributed by atoms with E-state index in [4.69, 9.17) is 5.84 Å². The molecule has 0 spiro atoms. The molecule has 0 saturated heterocycles. The predicted molar refractivity (Wildman–Crippen MR) is 77.7 cm³/mol. The van der Waals surface area contributed by atoms with Gasteiger partial charge in [0.25, 0.3) is 0 Å². The Morgan fingerprint density at radius 2 is 2.26 bits per heavy atom. The summed E-state index contributed by atoms with van der Waals surface area (Å²) in [5, 5.41) is 3.90. The minimum Gasteiger partial charge on any atom is -0.271 e. The standard InChI is InChI=1S/C13H12FN3S2/c14-9-1-2-11-8(5-9)6-12(19-11)10(17-15)7-13-16-3-4-18-13/h1-6,10,17H,7,15H2. The molecule has 6 heteroatoms. The summed E-state index contributed by atoms with van der Waals surface area (Å²) in [6, 6.07) is 6.82. The molecule has 0 fully saturated rings. The van der Waals surface area contributed by atoms with Crippen molar-refractivity contribution in [1.29, 1.82) is 0 Å². The number of nitrogens with two attached hydrogens (primary N) is 1. The van der Waals surface area contributed by atoms with Gasteiger partial charge in [-0.3, -0.25) is 11.3 Å². The molecule has 0 aliphatic heterocycles. The molecule has 0 aliphatic rings. The summed E-state index contributed by atoms with van der Waals surface area (Å²) in [5.74, 6) is 5.42. The fourth-order valence-electron chi connectivity index (χ4n) is 1.98. The molecule has 3 nitrogen and oxygen atoms in total. The van der Waals surface area contributed by atoms with Crippen LogP contribution in [0.25, 0.3) is 10.1 Å². The number of halogens is 1. The number of hydrazine groups is 1. The summed E-state index contributed by atoms with van der Waals surface area (Å²) in [6.07, 6.45) is 2.53. The Balaban J connectivity index is 1.92. The number of nitrogens with one attached hydrogen (secondary N) is 1. The molecule has 1 atom stereocenters. The topological polar surface area (TPSA) is 50.9 Å². The summed E-state index contributed by atoms with van der Waals surface area (Å²) in [7, 11) is 0. The molecule has 19 heavy (non-hydrogen) atoms. The molecular formula is C13H12FN3S2. The maximum absolute atomic E-state index is 13.2. The highest BCUT2D eigenvalue weighted by molar-refractivity contribution is 7.19. The van der Waals surface area contributed by atoms with E-state index >= 15 is 0 Å². The van der Waals surface area contributed by atoms with E-state index in [9.17, 15) is 4.39 Å². The first-order valence-electron chi connectivity index (χ1n) is 5.80. The molecule has 2 aromatic heterocycles. The van der Waals surface area contributed by atoms with Crippen LogP contribution >= 0.6 is 22.7 Å². The van der Waals surface area contributed by atoms with Gasteiger partial charge in [-0.2, -0.15) is 0 Å². The molecule has 2 heterocycles. The van der Waals surface area contributed by atoms with Crippen LogP contribution in [0.2, 0.25) is 0 Å². The lowest BCUT2D eigenvalue weighted by Crippen LogP contribution is -2.28. The Bertz CT molecular complexity index is 678. The Labute approximate surface area is 117 Å². The Hall–Kier alpha value is -1.34. The van der Waals surface area contributed by atoms with Crippen LogP contribution in [0.3, 0.4) is 0 Å². The van der Waals surface area contributed by atoms with Crippen molar-refractivity contribution in [2.75, 3.05) is 0 Å². The van der Waals surface area contributed by atoms with Gasteiger partial charge in [-0.1, -0.05) is 0 Å². The zero-order chi connectivity index (χ0) is 13.2. The first-order chi connectivity index (χ1) is 9.26. The zero-order valence-corrected chi connectivity index (χ0v) is 11.6. The molecule has 0 radical (unpaired) electrons. The van der Waals surface area contributed by atoms with Crippen LogP contribution in [0.5, 0.6) is 0 Å². The summed E-state index contributed by atoms with van der Waals surface area (Å²) < 4.78 is 14.3. The lowest BCUT2D eigenvalue weighted by Gasteiger charge is -2.11. The number of nitrogens with zero attached hydrogens (tertiary/aromatic N) is 1. The summed E-state index contributed by atoms with van der Waals surface area (Å²) >= 11 is 3.24. The molecule has 0 saturated carbocycles. The van der Waals surface area contributed by atoms with Crippen molar-refractivity contribution in [3.05, 3.63) is 51.5 Å². The van der Waals surface area contributed by atoms with Gasteiger partial charge in [0.15, 0.2) is 0 Å². The van der Waals surface area contributed by atoms with Crippen LogP contribution in [0.15, 0.2) is 35.8 Å². The fraction of sp³-hybridized carbons (Fsp3) is 0.154. The van der Waals surface area contributed by atoms with E-state index in [0.29, 0.717) is 0 Å². The molecule has 98 valence electrons. The van der Waals surface area contributed by atoms with E-state index in [0.717, 1.165) is 26.4 Å². The third-order valence-electron chi connectivity index (χ3n) is 2.90. The molecule has 0 bridgehead atoms. The predicted octanol–water partition coefficient (Wildman–Crippen LogP) is 3.24. The number of fused-ring (bicyclic) bond motifs is 1. The summed E-state index contributed by atoms with van der Waals surface area (Å²) in [5.41, 5.74) is 2.82. The average molecular weight is 293 g/mol. The monoisotopic (exact) mass is 293 g/mol. The van der Waals surface area contributed by atoms with E-state index in [1.807, 2.05) is 11.4 Å². The van der Waals surface area contributed by atoms with Crippen molar-refractivity contribution in [2.24, 2.45) is 5.84 Å². The number of hydrogen-bond donors (Lipinski definition) is 2. The van der Waals surface area contributed by atoms with Gasteiger partial charge in [-0.25, -0.2) is 9.37 Å². The van der Waals surface area contributed by atoms with Crippen molar-refractivity contribution >= 4 is 32.8 Å². The SMILES string of the molecule is NNC(Cc1nccs1)c1cc2cc(F)ccc2s1. The molecule has 0 aliphatic carbocycles. The Morgan fingerprint density at radius 3 is 3.00 bits per heavy atom. The zero-order valence-electron chi connectivity index (χ0n) is 9.97. The highest BCUT2D eigenvalue weighted by Gasteiger charge is 2.15. The Kier molecular flexibility index (Phi) is 3.56. The first-order valence-corrected chi connectivity index (χ1v) is 7.49. The highest BCUT2D eigenvalue weighted by atomic mass is 32.1. The first kappa shape index (κ1) is 12.7. The van der Waals surface area contributed by atoms with Gasteiger partial charge in [0.1, 0.15) is 5.82 Å². The van der Waals surface area contributed by atoms with E-state index in [2.05, 4.69) is 10.4 Å². The van der Waals surface area contributed by atoms with Gasteiger partial charge in [-0.15, -0.1) is 22.7 Å². The van der Waals surface area contributed by atoms with Crippen LogP contribution in [0.1, 0.15) is 15.9 Å². The summed E-state index contributed by atoms with van der Waals surface area (Å²) in [6.45, 7) is 0. The van der Waals surface area contributed by atoms with Crippen molar-refractivity contribution in [3.8, 4) is 0 Å². The fourth-order valence-corrected chi connectivity index (χ4v) is 3.75. The smallest absolute Gasteiger partial charge is 0.123 e. The van der Waals surface area contributed by atoms with Gasteiger partial charge < -0.3 is 0 Å². The number of rotatable bonds is 4. The van der Waals surface area contributed by atoms with Crippen molar-refractivity contribution in [2.45, 2.75) is 12.5 Å². The van der Waals surface area contributed by atoms with E-state index in [1.165, 1.54) is 6.07 Å². The lowest BCUT2D eigenvalue weighted by atomic mass is 10.1. The van der Waals surface area contributed by atoms with Gasteiger partial charge in [0.2, 0.25) is 0 Å². The van der Waals surface area contributed by atoms with Crippen LogP contribution in [0, 0.1) is 5.82 Å². The molecule has 3 aromatic rings. The van der Waals surface area contributed by atoms with Gasteiger partial charge in [0, 0.05) is 27.6 Å². The summed E-state index contributed by atoms with van der Waals surface area (Å²) in [4.78, 5) is 5.36. The van der Waals surface area contributed by atoms with Crippen molar-refractivity contribution < 1.29 is 4.39 Å². The van der Waals surface area contributed by atoms with Gasteiger partial charge in [-0.05, 0) is 29.7 Å². The van der Waals surface area contributed by atoms with E-state index < -0.39 is 0 Å². The second-order valence-electron chi connectivity index (χ2n) is 4.18. The molecule has 0 amide bonds. The van der Waals surface area contributed by atoms with E-state index in [1.54, 1.807) is 41.0 Å². The molecule has 3 rings (SSSR count). The second-order valence-corrected chi connectivity index (χ2v) is 6.27. The van der Waals surface area contributed by atoms with Crippen molar-refractivity contribution in [3.63, 3.8) is 0 Å². The normalized spacial score (nSPS) is 12.9. The van der Waals surface area contributed by atoms with Crippen LogP contribution < -0.4 is 11.3 Å².